The van der Waals surface area contributed by atoms with Gasteiger partial charge >= 0.3 is 12.1 Å². The maximum atomic E-state index is 12.3. The number of benzene rings is 2. The van der Waals surface area contributed by atoms with Crippen molar-refractivity contribution in [2.45, 2.75) is 31.7 Å². The third-order valence-corrected chi connectivity index (χ3v) is 6.25. The molecule has 7 nitrogen and oxygen atoms in total. The van der Waals surface area contributed by atoms with Gasteiger partial charge in [0.05, 0.1) is 5.75 Å². The number of carbonyl (C=O) groups excluding carboxylic acids is 2. The number of carboxylic acids is 1. The fraction of sp³-hybridized carbons (Fsp3) is 0.375. The maximum Gasteiger partial charge on any atom is 0.407 e. The maximum absolute atomic E-state index is 12.3. The van der Waals surface area contributed by atoms with E-state index in [1.54, 1.807) is 0 Å². The predicted octanol–water partition coefficient (Wildman–Crippen LogP) is 3.63. The minimum Gasteiger partial charge on any atom is -0.481 e. The quantitative estimate of drug-likeness (QED) is 0.446. The number of ether oxygens (including phenoxy) is 1. The average Bonchev–Trinajstić information content (AvgIpc) is 3.09. The Kier molecular flexibility index (Phi) is 8.56. The third kappa shape index (κ3) is 6.50. The molecule has 32 heavy (non-hydrogen) atoms. The van der Waals surface area contributed by atoms with Gasteiger partial charge in [-0.1, -0.05) is 48.5 Å². The lowest BCUT2D eigenvalue weighted by Crippen LogP contribution is -2.35. The molecule has 0 spiro atoms. The zero-order valence-electron chi connectivity index (χ0n) is 18.0. The first-order chi connectivity index (χ1) is 15.5. The predicted molar refractivity (Wildman–Crippen MR) is 125 cm³/mol. The second-order valence-corrected chi connectivity index (χ2v) is 8.81. The van der Waals surface area contributed by atoms with E-state index in [9.17, 15) is 14.4 Å². The topological polar surface area (TPSA) is 105 Å². The largest absolute Gasteiger partial charge is 0.481 e. The number of thioether (sulfide) groups is 1. The first kappa shape index (κ1) is 23.7. The zero-order valence-corrected chi connectivity index (χ0v) is 18.8. The van der Waals surface area contributed by atoms with Crippen LogP contribution < -0.4 is 10.6 Å². The van der Waals surface area contributed by atoms with Crippen molar-refractivity contribution in [3.63, 3.8) is 0 Å². The smallest absolute Gasteiger partial charge is 0.407 e. The van der Waals surface area contributed by atoms with E-state index in [2.05, 4.69) is 34.9 Å². The molecule has 1 aliphatic carbocycles. The van der Waals surface area contributed by atoms with Crippen molar-refractivity contribution in [1.82, 2.24) is 10.6 Å². The molecule has 0 aliphatic heterocycles. The number of hydrogen-bond donors (Lipinski definition) is 3. The van der Waals surface area contributed by atoms with Crippen molar-refractivity contribution in [3.05, 3.63) is 59.7 Å². The van der Waals surface area contributed by atoms with E-state index in [0.717, 1.165) is 11.1 Å². The van der Waals surface area contributed by atoms with Gasteiger partial charge in [-0.3, -0.25) is 9.59 Å². The fourth-order valence-electron chi connectivity index (χ4n) is 3.77. The van der Waals surface area contributed by atoms with Crippen molar-refractivity contribution < 1.29 is 24.2 Å². The van der Waals surface area contributed by atoms with Gasteiger partial charge in [-0.25, -0.2) is 4.79 Å². The molecular formula is C24H28N2O5S. The number of amides is 2. The van der Waals surface area contributed by atoms with Crippen LogP contribution in [0.15, 0.2) is 48.5 Å². The molecule has 0 bridgehead atoms. The molecule has 0 saturated heterocycles. The Bertz CT molecular complexity index is 919. The summed E-state index contributed by atoms with van der Waals surface area (Å²) in [6.45, 7) is 2.50. The van der Waals surface area contributed by atoms with E-state index in [0.29, 0.717) is 18.7 Å². The molecule has 2 aromatic carbocycles. The summed E-state index contributed by atoms with van der Waals surface area (Å²) in [5, 5.41) is 14.1. The van der Waals surface area contributed by atoms with E-state index in [1.165, 1.54) is 22.9 Å². The van der Waals surface area contributed by atoms with Gasteiger partial charge in [-0.2, -0.15) is 0 Å². The SMILES string of the molecule is CC(CCC(=O)NCCSCC(=O)O)NC(=O)OCC1c2ccccc2-c2ccccc21. The highest BCUT2D eigenvalue weighted by Crippen LogP contribution is 2.44. The number of carbonyl (C=O) groups is 3. The first-order valence-corrected chi connectivity index (χ1v) is 11.8. The molecule has 0 radical (unpaired) electrons. The number of alkyl carbamates (subject to hydrolysis) is 1. The molecular weight excluding hydrogens is 428 g/mol. The number of aliphatic carboxylic acids is 1. The van der Waals surface area contributed by atoms with Crippen molar-refractivity contribution in [2.75, 3.05) is 24.7 Å². The lowest BCUT2D eigenvalue weighted by molar-refractivity contribution is -0.133. The van der Waals surface area contributed by atoms with Crippen LogP contribution in [0.5, 0.6) is 0 Å². The Morgan fingerprint density at radius 1 is 1.06 bits per heavy atom. The van der Waals surface area contributed by atoms with E-state index in [4.69, 9.17) is 9.84 Å². The van der Waals surface area contributed by atoms with Gasteiger partial charge in [0.1, 0.15) is 6.61 Å². The van der Waals surface area contributed by atoms with E-state index in [-0.39, 0.29) is 36.6 Å². The number of carboxylic acid groups (broad SMARTS) is 1. The van der Waals surface area contributed by atoms with Gasteiger partial charge in [0.2, 0.25) is 5.91 Å². The molecule has 170 valence electrons. The molecule has 0 fully saturated rings. The summed E-state index contributed by atoms with van der Waals surface area (Å²) in [6, 6.07) is 16.1. The van der Waals surface area contributed by atoms with Crippen LogP contribution in [-0.4, -0.2) is 53.8 Å². The standard InChI is InChI=1S/C24H28N2O5S/c1-16(10-11-22(27)25-12-13-32-15-23(28)29)26-24(30)31-14-21-19-8-4-2-6-17(19)18-7-3-5-9-20(18)21/h2-9,16,21H,10-15H2,1H3,(H,25,27)(H,26,30)(H,28,29). The summed E-state index contributed by atoms with van der Waals surface area (Å²) in [5.41, 5.74) is 4.68. The van der Waals surface area contributed by atoms with Gasteiger partial charge in [0.25, 0.3) is 0 Å². The highest BCUT2D eigenvalue weighted by Gasteiger charge is 2.29. The highest BCUT2D eigenvalue weighted by atomic mass is 32.2. The molecule has 0 aromatic heterocycles. The Morgan fingerprint density at radius 2 is 1.69 bits per heavy atom. The molecule has 8 heteroatoms. The molecule has 3 rings (SSSR count). The summed E-state index contributed by atoms with van der Waals surface area (Å²) in [7, 11) is 0. The van der Waals surface area contributed by atoms with Gasteiger partial charge in [-0.05, 0) is 35.6 Å². The Labute approximate surface area is 191 Å². The number of nitrogens with one attached hydrogen (secondary N) is 2. The molecule has 2 aromatic rings. The Morgan fingerprint density at radius 3 is 2.31 bits per heavy atom. The normalized spacial score (nSPS) is 13.0. The monoisotopic (exact) mass is 456 g/mol. The van der Waals surface area contributed by atoms with Crippen LogP contribution in [0, 0.1) is 0 Å². The molecule has 0 saturated carbocycles. The van der Waals surface area contributed by atoms with Crippen LogP contribution in [0.2, 0.25) is 0 Å². The lowest BCUT2D eigenvalue weighted by Gasteiger charge is -2.17. The lowest BCUT2D eigenvalue weighted by atomic mass is 9.98. The second kappa shape index (κ2) is 11.6. The molecule has 1 unspecified atom stereocenters. The van der Waals surface area contributed by atoms with Crippen LogP contribution >= 0.6 is 11.8 Å². The fourth-order valence-corrected chi connectivity index (χ4v) is 4.34. The van der Waals surface area contributed by atoms with Gasteiger partial charge in [0, 0.05) is 30.7 Å². The van der Waals surface area contributed by atoms with Crippen molar-refractivity contribution in [3.8, 4) is 11.1 Å². The van der Waals surface area contributed by atoms with E-state index in [1.807, 2.05) is 31.2 Å². The van der Waals surface area contributed by atoms with Gasteiger partial charge < -0.3 is 20.5 Å². The van der Waals surface area contributed by atoms with Crippen LogP contribution in [0.3, 0.4) is 0 Å². The van der Waals surface area contributed by atoms with Crippen LogP contribution in [0.1, 0.15) is 36.8 Å². The summed E-state index contributed by atoms with van der Waals surface area (Å²) >= 11 is 1.26. The second-order valence-electron chi connectivity index (χ2n) is 7.71. The van der Waals surface area contributed by atoms with Crippen molar-refractivity contribution in [2.24, 2.45) is 0 Å². The van der Waals surface area contributed by atoms with Crippen molar-refractivity contribution in [1.29, 1.82) is 0 Å². The van der Waals surface area contributed by atoms with Crippen molar-refractivity contribution >= 4 is 29.7 Å². The summed E-state index contributed by atoms with van der Waals surface area (Å²) in [4.78, 5) is 34.6. The third-order valence-electron chi connectivity index (χ3n) is 5.31. The first-order valence-electron chi connectivity index (χ1n) is 10.6. The van der Waals surface area contributed by atoms with Crippen LogP contribution in [0.25, 0.3) is 11.1 Å². The minimum absolute atomic E-state index is 0.00762. The summed E-state index contributed by atoms with van der Waals surface area (Å²) in [6.07, 6.45) is 0.261. The van der Waals surface area contributed by atoms with E-state index >= 15 is 0 Å². The molecule has 0 heterocycles. The van der Waals surface area contributed by atoms with E-state index < -0.39 is 12.1 Å². The van der Waals surface area contributed by atoms with Gasteiger partial charge in [0.15, 0.2) is 0 Å². The highest BCUT2D eigenvalue weighted by molar-refractivity contribution is 7.99. The van der Waals surface area contributed by atoms with Crippen LogP contribution in [0.4, 0.5) is 4.79 Å². The average molecular weight is 457 g/mol. The zero-order chi connectivity index (χ0) is 22.9. The molecule has 3 N–H and O–H groups in total. The molecule has 1 atom stereocenters. The molecule has 2 amide bonds. The number of hydrogen-bond acceptors (Lipinski definition) is 5. The number of fused-ring (bicyclic) bond motifs is 3. The van der Waals surface area contributed by atoms with Crippen LogP contribution in [-0.2, 0) is 14.3 Å². The van der Waals surface area contributed by atoms with Gasteiger partial charge in [-0.15, -0.1) is 11.8 Å². The summed E-state index contributed by atoms with van der Waals surface area (Å²) in [5.74, 6) is -0.410. The summed E-state index contributed by atoms with van der Waals surface area (Å²) < 4.78 is 5.53. The minimum atomic E-state index is -0.866. The Hall–Kier alpha value is -3.00. The number of rotatable bonds is 11. The molecule has 1 aliphatic rings. The Balaban J connectivity index is 1.39.